The van der Waals surface area contributed by atoms with Crippen molar-refractivity contribution < 1.29 is 14.4 Å². The van der Waals surface area contributed by atoms with Gasteiger partial charge in [-0.05, 0) is 63.6 Å². The zero-order valence-corrected chi connectivity index (χ0v) is 16.8. The molecule has 2 aromatic carbocycles. The number of anilines is 2. The molecule has 0 atom stereocenters. The molecule has 0 radical (unpaired) electrons. The molecule has 28 heavy (non-hydrogen) atoms. The van der Waals surface area contributed by atoms with E-state index in [0.29, 0.717) is 16.8 Å². The van der Waals surface area contributed by atoms with E-state index in [9.17, 15) is 14.4 Å². The Labute approximate surface area is 165 Å². The minimum absolute atomic E-state index is 0.0549. The lowest BCUT2D eigenvalue weighted by atomic mass is 10.0. The van der Waals surface area contributed by atoms with Crippen LogP contribution in [-0.4, -0.2) is 29.7 Å². The number of hydrogen-bond donors (Lipinski definition) is 3. The third-order valence-electron chi connectivity index (χ3n) is 4.49. The van der Waals surface area contributed by atoms with Gasteiger partial charge in [0, 0.05) is 28.0 Å². The average Bonchev–Trinajstić information content (AvgIpc) is 2.66. The fourth-order valence-corrected chi connectivity index (χ4v) is 2.41. The van der Waals surface area contributed by atoms with Gasteiger partial charge in [0.2, 0.25) is 5.91 Å². The summed E-state index contributed by atoms with van der Waals surface area (Å²) in [6.07, 6.45) is 0.836. The molecule has 148 valence electrons. The summed E-state index contributed by atoms with van der Waals surface area (Å²) in [7, 11) is 0. The lowest BCUT2D eigenvalue weighted by molar-refractivity contribution is -0.114. The van der Waals surface area contributed by atoms with Crippen LogP contribution in [0.15, 0.2) is 48.5 Å². The maximum absolute atomic E-state index is 12.3. The third kappa shape index (κ3) is 6.23. The maximum atomic E-state index is 12.3. The van der Waals surface area contributed by atoms with Gasteiger partial charge in [0.25, 0.3) is 5.91 Å². The molecule has 0 aliphatic heterocycles. The van der Waals surface area contributed by atoms with E-state index in [1.807, 2.05) is 20.8 Å². The summed E-state index contributed by atoms with van der Waals surface area (Å²) in [5.74, 6) is -0.408. The van der Waals surface area contributed by atoms with E-state index in [1.165, 1.54) is 6.92 Å². The molecule has 3 N–H and O–H groups in total. The molecule has 0 saturated heterocycles. The molecule has 0 aliphatic carbocycles. The van der Waals surface area contributed by atoms with Gasteiger partial charge in [0.05, 0.1) is 6.54 Å². The number of amides is 2. The van der Waals surface area contributed by atoms with Crippen molar-refractivity contribution in [2.24, 2.45) is 0 Å². The molecule has 0 aliphatic rings. The molecule has 0 saturated carbocycles. The Balaban J connectivity index is 1.89. The number of benzene rings is 2. The highest BCUT2D eigenvalue weighted by Crippen LogP contribution is 2.14. The normalized spacial score (nSPS) is 10.9. The summed E-state index contributed by atoms with van der Waals surface area (Å²) < 4.78 is 0. The van der Waals surface area contributed by atoms with Crippen LogP contribution in [0.25, 0.3) is 0 Å². The molecule has 2 amide bonds. The van der Waals surface area contributed by atoms with Crippen LogP contribution < -0.4 is 16.0 Å². The van der Waals surface area contributed by atoms with Gasteiger partial charge in [-0.25, -0.2) is 0 Å². The lowest BCUT2D eigenvalue weighted by Gasteiger charge is -2.24. The summed E-state index contributed by atoms with van der Waals surface area (Å²) >= 11 is 0. The minimum Gasteiger partial charge on any atom is -0.376 e. The highest BCUT2D eigenvalue weighted by Gasteiger charge is 2.18. The van der Waals surface area contributed by atoms with E-state index in [0.717, 1.165) is 12.1 Å². The molecule has 0 heterocycles. The highest BCUT2D eigenvalue weighted by atomic mass is 16.2. The van der Waals surface area contributed by atoms with Gasteiger partial charge in [-0.1, -0.05) is 19.1 Å². The fourth-order valence-electron chi connectivity index (χ4n) is 2.41. The molecule has 2 rings (SSSR count). The van der Waals surface area contributed by atoms with Crippen LogP contribution in [0.4, 0.5) is 11.4 Å². The molecule has 0 aromatic heterocycles. The van der Waals surface area contributed by atoms with Gasteiger partial charge in [-0.3, -0.25) is 14.4 Å². The topological polar surface area (TPSA) is 87.3 Å². The van der Waals surface area contributed by atoms with E-state index in [1.54, 1.807) is 48.5 Å². The van der Waals surface area contributed by atoms with Crippen molar-refractivity contribution in [1.82, 2.24) is 5.32 Å². The van der Waals surface area contributed by atoms with Gasteiger partial charge < -0.3 is 16.0 Å². The van der Waals surface area contributed by atoms with Crippen molar-refractivity contribution in [2.45, 2.75) is 39.7 Å². The number of carbonyl (C=O) groups excluding carboxylic acids is 3. The maximum Gasteiger partial charge on any atom is 0.251 e. The number of rotatable bonds is 8. The Morgan fingerprint density at radius 2 is 1.61 bits per heavy atom. The predicted molar refractivity (Wildman–Crippen MR) is 112 cm³/mol. The second-order valence-corrected chi connectivity index (χ2v) is 7.31. The Hall–Kier alpha value is -3.15. The Kier molecular flexibility index (Phi) is 6.93. The first-order valence-electron chi connectivity index (χ1n) is 9.27. The monoisotopic (exact) mass is 381 g/mol. The van der Waals surface area contributed by atoms with E-state index in [4.69, 9.17) is 0 Å². The first-order chi connectivity index (χ1) is 13.2. The zero-order valence-electron chi connectivity index (χ0n) is 16.8. The summed E-state index contributed by atoms with van der Waals surface area (Å²) in [4.78, 5) is 35.8. The van der Waals surface area contributed by atoms with Crippen LogP contribution in [0.2, 0.25) is 0 Å². The average molecular weight is 381 g/mol. The summed E-state index contributed by atoms with van der Waals surface area (Å²) in [6.45, 7) is 7.53. The minimum atomic E-state index is -0.258. The van der Waals surface area contributed by atoms with Crippen molar-refractivity contribution in [3.8, 4) is 0 Å². The second kappa shape index (κ2) is 9.17. The Morgan fingerprint density at radius 3 is 2.21 bits per heavy atom. The largest absolute Gasteiger partial charge is 0.376 e. The quantitative estimate of drug-likeness (QED) is 0.606. The number of ketones is 1. The number of Topliss-reactive ketones (excluding diaryl/α,β-unsaturated/α-hetero) is 1. The molecular weight excluding hydrogens is 354 g/mol. The summed E-state index contributed by atoms with van der Waals surface area (Å²) in [6, 6.07) is 13.8. The molecule has 6 heteroatoms. The van der Waals surface area contributed by atoms with Gasteiger partial charge in [0.1, 0.15) is 0 Å². The number of hydrogen-bond acceptors (Lipinski definition) is 4. The van der Waals surface area contributed by atoms with Gasteiger partial charge >= 0.3 is 0 Å². The van der Waals surface area contributed by atoms with Gasteiger partial charge in [-0.15, -0.1) is 0 Å². The van der Waals surface area contributed by atoms with Crippen LogP contribution in [0, 0.1) is 0 Å². The van der Waals surface area contributed by atoms with Crippen LogP contribution in [0.5, 0.6) is 0 Å². The Bertz CT molecular complexity index is 858. The van der Waals surface area contributed by atoms with Crippen molar-refractivity contribution in [3.05, 3.63) is 59.7 Å². The molecule has 6 nitrogen and oxygen atoms in total. The fraction of sp³-hybridized carbons (Fsp3) is 0.318. The van der Waals surface area contributed by atoms with Gasteiger partial charge in [0.15, 0.2) is 5.78 Å². The third-order valence-corrected chi connectivity index (χ3v) is 4.49. The van der Waals surface area contributed by atoms with Crippen molar-refractivity contribution in [1.29, 1.82) is 0 Å². The molecule has 0 unspecified atom stereocenters. The summed E-state index contributed by atoms with van der Waals surface area (Å²) in [5, 5.41) is 8.75. The lowest BCUT2D eigenvalue weighted by Crippen LogP contribution is -2.42. The van der Waals surface area contributed by atoms with Crippen LogP contribution >= 0.6 is 0 Å². The van der Waals surface area contributed by atoms with Crippen LogP contribution in [-0.2, 0) is 4.79 Å². The van der Waals surface area contributed by atoms with E-state index >= 15 is 0 Å². The first kappa shape index (κ1) is 21.2. The van der Waals surface area contributed by atoms with Crippen molar-refractivity contribution in [3.63, 3.8) is 0 Å². The standard InChI is InChI=1S/C22H27N3O3/c1-5-22(3,4)25-21(28)16-9-11-18(12-10-16)23-14-20(27)24-19-8-6-7-17(13-19)15(2)26/h6-13,23H,5,14H2,1-4H3,(H,24,27)(H,25,28). The molecule has 0 fully saturated rings. The zero-order chi connectivity index (χ0) is 20.7. The van der Waals surface area contributed by atoms with Crippen LogP contribution in [0.3, 0.4) is 0 Å². The first-order valence-corrected chi connectivity index (χ1v) is 9.27. The molecule has 2 aromatic rings. The summed E-state index contributed by atoms with van der Waals surface area (Å²) in [5.41, 5.74) is 2.17. The molecule has 0 spiro atoms. The molecule has 0 bridgehead atoms. The molecular formula is C22H27N3O3. The second-order valence-electron chi connectivity index (χ2n) is 7.31. The van der Waals surface area contributed by atoms with E-state index in [2.05, 4.69) is 16.0 Å². The van der Waals surface area contributed by atoms with Crippen molar-refractivity contribution in [2.75, 3.05) is 17.2 Å². The van der Waals surface area contributed by atoms with E-state index in [-0.39, 0.29) is 29.7 Å². The number of carbonyl (C=O) groups is 3. The highest BCUT2D eigenvalue weighted by molar-refractivity contribution is 5.98. The van der Waals surface area contributed by atoms with Gasteiger partial charge in [-0.2, -0.15) is 0 Å². The SMILES string of the molecule is CCC(C)(C)NC(=O)c1ccc(NCC(=O)Nc2cccc(C(C)=O)c2)cc1. The Morgan fingerprint density at radius 1 is 0.929 bits per heavy atom. The van der Waals surface area contributed by atoms with E-state index < -0.39 is 0 Å². The van der Waals surface area contributed by atoms with Crippen molar-refractivity contribution >= 4 is 29.0 Å². The smallest absolute Gasteiger partial charge is 0.251 e. The predicted octanol–water partition coefficient (Wildman–Crippen LogP) is 3.86. The van der Waals surface area contributed by atoms with Crippen LogP contribution in [0.1, 0.15) is 54.8 Å². The number of nitrogens with one attached hydrogen (secondary N) is 3.